The molecule has 1 atom stereocenters. The van der Waals surface area contributed by atoms with Gasteiger partial charge in [-0.2, -0.15) is 13.2 Å². The Morgan fingerprint density at radius 2 is 2.11 bits per heavy atom. The summed E-state index contributed by atoms with van der Waals surface area (Å²) in [5.41, 5.74) is 1.64. The van der Waals surface area contributed by atoms with E-state index in [1.165, 1.54) is 0 Å². The molecule has 2 nitrogen and oxygen atoms in total. The molecule has 0 fully saturated rings. The second-order valence-electron chi connectivity index (χ2n) is 4.37. The van der Waals surface area contributed by atoms with Gasteiger partial charge in [0.1, 0.15) is 0 Å². The van der Waals surface area contributed by atoms with Crippen LogP contribution in [0.5, 0.6) is 0 Å². The highest BCUT2D eigenvalue weighted by molar-refractivity contribution is 5.21. The van der Waals surface area contributed by atoms with Crippen molar-refractivity contribution >= 4 is 0 Å². The standard InChI is InChI=1S/C13H19F3N2/c1-3-8-17-11(6-7-13(14,15)16)12-10(2)5-4-9-18-12/h4-5,9,11,17H,3,6-8H2,1-2H3. The molecule has 1 heterocycles. The summed E-state index contributed by atoms with van der Waals surface area (Å²) >= 11 is 0. The van der Waals surface area contributed by atoms with E-state index < -0.39 is 12.6 Å². The number of rotatable bonds is 6. The Labute approximate surface area is 106 Å². The molecule has 1 aromatic rings. The van der Waals surface area contributed by atoms with Crippen LogP contribution in [0.2, 0.25) is 0 Å². The van der Waals surface area contributed by atoms with Gasteiger partial charge in [-0.25, -0.2) is 0 Å². The molecule has 5 heteroatoms. The zero-order valence-electron chi connectivity index (χ0n) is 10.7. The first kappa shape index (κ1) is 15.0. The van der Waals surface area contributed by atoms with Crippen molar-refractivity contribution in [2.45, 2.75) is 45.3 Å². The third-order valence-corrected chi connectivity index (χ3v) is 2.74. The summed E-state index contributed by atoms with van der Waals surface area (Å²) in [6.45, 7) is 4.55. The van der Waals surface area contributed by atoms with Gasteiger partial charge < -0.3 is 5.32 Å². The van der Waals surface area contributed by atoms with Crippen LogP contribution in [-0.4, -0.2) is 17.7 Å². The normalized spacial score (nSPS) is 13.6. The first-order valence-electron chi connectivity index (χ1n) is 6.15. The van der Waals surface area contributed by atoms with Gasteiger partial charge in [0, 0.05) is 12.6 Å². The number of nitrogens with one attached hydrogen (secondary N) is 1. The summed E-state index contributed by atoms with van der Waals surface area (Å²) in [4.78, 5) is 4.20. The predicted molar refractivity (Wildman–Crippen MR) is 65.3 cm³/mol. The molecule has 0 saturated carbocycles. The van der Waals surface area contributed by atoms with Gasteiger partial charge in [-0.15, -0.1) is 0 Å². The lowest BCUT2D eigenvalue weighted by Gasteiger charge is -2.20. The monoisotopic (exact) mass is 260 g/mol. The minimum absolute atomic E-state index is 0.0291. The van der Waals surface area contributed by atoms with Crippen LogP contribution in [0.4, 0.5) is 13.2 Å². The number of nitrogens with zero attached hydrogens (tertiary/aromatic N) is 1. The lowest BCUT2D eigenvalue weighted by molar-refractivity contribution is -0.136. The third-order valence-electron chi connectivity index (χ3n) is 2.74. The molecular formula is C13H19F3N2. The second-order valence-corrected chi connectivity index (χ2v) is 4.37. The summed E-state index contributed by atoms with van der Waals surface area (Å²) < 4.78 is 36.9. The summed E-state index contributed by atoms with van der Waals surface area (Å²) in [6.07, 6.45) is -2.37. The van der Waals surface area contributed by atoms with Gasteiger partial charge in [0.15, 0.2) is 0 Å². The maximum atomic E-state index is 12.3. The van der Waals surface area contributed by atoms with Crippen molar-refractivity contribution in [1.29, 1.82) is 0 Å². The van der Waals surface area contributed by atoms with Crippen LogP contribution in [0.3, 0.4) is 0 Å². The van der Waals surface area contributed by atoms with Crippen molar-refractivity contribution in [3.05, 3.63) is 29.6 Å². The summed E-state index contributed by atoms with van der Waals surface area (Å²) in [7, 11) is 0. The van der Waals surface area contributed by atoms with Crippen LogP contribution in [0, 0.1) is 6.92 Å². The topological polar surface area (TPSA) is 24.9 Å². The zero-order valence-corrected chi connectivity index (χ0v) is 10.7. The van der Waals surface area contributed by atoms with Gasteiger partial charge in [-0.3, -0.25) is 4.98 Å². The average molecular weight is 260 g/mol. The van der Waals surface area contributed by atoms with Crippen LogP contribution < -0.4 is 5.32 Å². The van der Waals surface area contributed by atoms with Crippen molar-refractivity contribution in [2.75, 3.05) is 6.54 Å². The van der Waals surface area contributed by atoms with Gasteiger partial charge in [-0.1, -0.05) is 13.0 Å². The molecule has 1 N–H and O–H groups in total. The smallest absolute Gasteiger partial charge is 0.309 e. The van der Waals surface area contributed by atoms with E-state index in [4.69, 9.17) is 0 Å². The van der Waals surface area contributed by atoms with Crippen molar-refractivity contribution in [3.8, 4) is 0 Å². The number of pyridine rings is 1. The Balaban J connectivity index is 2.75. The summed E-state index contributed by atoms with van der Waals surface area (Å²) in [5, 5.41) is 3.14. The molecule has 0 saturated heterocycles. The first-order valence-corrected chi connectivity index (χ1v) is 6.15. The zero-order chi connectivity index (χ0) is 13.6. The molecule has 0 bridgehead atoms. The van der Waals surface area contributed by atoms with Crippen LogP contribution in [-0.2, 0) is 0 Å². The van der Waals surface area contributed by atoms with Crippen LogP contribution in [0.15, 0.2) is 18.3 Å². The number of aryl methyl sites for hydroxylation is 1. The fourth-order valence-electron chi connectivity index (χ4n) is 1.82. The molecule has 0 aliphatic heterocycles. The quantitative estimate of drug-likeness (QED) is 0.842. The van der Waals surface area contributed by atoms with Crippen LogP contribution in [0.25, 0.3) is 0 Å². The van der Waals surface area contributed by atoms with E-state index in [1.54, 1.807) is 12.3 Å². The van der Waals surface area contributed by atoms with E-state index in [2.05, 4.69) is 10.3 Å². The highest BCUT2D eigenvalue weighted by Crippen LogP contribution is 2.27. The molecule has 0 spiro atoms. The van der Waals surface area contributed by atoms with Gasteiger partial charge in [0.25, 0.3) is 0 Å². The number of aromatic nitrogens is 1. The summed E-state index contributed by atoms with van der Waals surface area (Å²) in [5.74, 6) is 0. The van der Waals surface area contributed by atoms with Crippen molar-refractivity contribution in [1.82, 2.24) is 10.3 Å². The van der Waals surface area contributed by atoms with Crippen molar-refractivity contribution in [3.63, 3.8) is 0 Å². The Kier molecular flexibility index (Phi) is 5.59. The number of halogens is 3. The van der Waals surface area contributed by atoms with Crippen molar-refractivity contribution < 1.29 is 13.2 Å². The summed E-state index contributed by atoms with van der Waals surface area (Å²) in [6, 6.07) is 3.34. The Morgan fingerprint density at radius 1 is 1.39 bits per heavy atom. The fourth-order valence-corrected chi connectivity index (χ4v) is 1.82. The largest absolute Gasteiger partial charge is 0.389 e. The van der Waals surface area contributed by atoms with E-state index in [0.29, 0.717) is 6.54 Å². The molecule has 0 aromatic carbocycles. The maximum Gasteiger partial charge on any atom is 0.389 e. The highest BCUT2D eigenvalue weighted by atomic mass is 19.4. The average Bonchev–Trinajstić information content (AvgIpc) is 2.29. The molecule has 18 heavy (non-hydrogen) atoms. The van der Waals surface area contributed by atoms with Gasteiger partial charge in [0.05, 0.1) is 11.7 Å². The molecule has 1 rings (SSSR count). The second kappa shape index (κ2) is 6.73. The number of hydrogen-bond acceptors (Lipinski definition) is 2. The highest BCUT2D eigenvalue weighted by Gasteiger charge is 2.29. The van der Waals surface area contributed by atoms with E-state index >= 15 is 0 Å². The van der Waals surface area contributed by atoms with Crippen molar-refractivity contribution in [2.24, 2.45) is 0 Å². The van der Waals surface area contributed by atoms with E-state index in [-0.39, 0.29) is 12.5 Å². The number of alkyl halides is 3. The molecule has 0 aliphatic carbocycles. The maximum absolute atomic E-state index is 12.3. The third kappa shape index (κ3) is 5.04. The fraction of sp³-hybridized carbons (Fsp3) is 0.615. The minimum atomic E-state index is -4.12. The van der Waals surface area contributed by atoms with Crippen LogP contribution >= 0.6 is 0 Å². The number of hydrogen-bond donors (Lipinski definition) is 1. The molecule has 102 valence electrons. The lowest BCUT2D eigenvalue weighted by Crippen LogP contribution is -2.25. The van der Waals surface area contributed by atoms with E-state index in [9.17, 15) is 13.2 Å². The molecule has 0 radical (unpaired) electrons. The van der Waals surface area contributed by atoms with Crippen LogP contribution in [0.1, 0.15) is 43.5 Å². The minimum Gasteiger partial charge on any atom is -0.309 e. The van der Waals surface area contributed by atoms with Gasteiger partial charge in [0.2, 0.25) is 0 Å². The molecule has 0 amide bonds. The van der Waals surface area contributed by atoms with Gasteiger partial charge >= 0.3 is 6.18 Å². The predicted octanol–water partition coefficient (Wildman–Crippen LogP) is 3.77. The van der Waals surface area contributed by atoms with E-state index in [1.807, 2.05) is 19.9 Å². The Morgan fingerprint density at radius 3 is 2.67 bits per heavy atom. The molecular weight excluding hydrogens is 241 g/mol. The Hall–Kier alpha value is -1.10. The van der Waals surface area contributed by atoms with E-state index in [0.717, 1.165) is 17.7 Å². The first-order chi connectivity index (χ1) is 8.44. The lowest BCUT2D eigenvalue weighted by atomic mass is 10.0. The molecule has 1 aromatic heterocycles. The molecule has 0 aliphatic rings. The SMILES string of the molecule is CCCNC(CCC(F)(F)F)c1ncccc1C. The van der Waals surface area contributed by atoms with Gasteiger partial charge in [-0.05, 0) is 37.9 Å². The molecule has 1 unspecified atom stereocenters. The Bertz CT molecular complexity index is 363.